The highest BCUT2D eigenvalue weighted by molar-refractivity contribution is 5.89. The molecule has 0 saturated heterocycles. The van der Waals surface area contributed by atoms with Crippen molar-refractivity contribution in [3.05, 3.63) is 65.7 Å². The lowest BCUT2D eigenvalue weighted by molar-refractivity contribution is -0.136. The highest BCUT2D eigenvalue weighted by atomic mass is 19.4. The number of benzene rings is 1. The first-order valence-corrected chi connectivity index (χ1v) is 8.40. The number of hydrogen-bond acceptors (Lipinski definition) is 1. The number of hydrogen-bond donors (Lipinski definition) is 0. The summed E-state index contributed by atoms with van der Waals surface area (Å²) in [5, 5.41) is 0. The molecule has 0 bridgehead atoms. The minimum Gasteiger partial charge on any atom is -0.497 e. The van der Waals surface area contributed by atoms with Crippen molar-refractivity contribution in [1.82, 2.24) is 0 Å². The lowest BCUT2D eigenvalue weighted by Crippen LogP contribution is -2.09. The minimum absolute atomic E-state index is 0.144. The Labute approximate surface area is 151 Å². The molecular formula is C22H21F3O. The highest BCUT2D eigenvalue weighted by Gasteiger charge is 2.36. The van der Waals surface area contributed by atoms with Gasteiger partial charge in [0.1, 0.15) is 5.75 Å². The smallest absolute Gasteiger partial charge is 0.417 e. The van der Waals surface area contributed by atoms with E-state index in [0.717, 1.165) is 11.1 Å². The molecule has 1 nitrogen and oxygen atoms in total. The van der Waals surface area contributed by atoms with Gasteiger partial charge in [0.25, 0.3) is 0 Å². The molecule has 0 aromatic heterocycles. The van der Waals surface area contributed by atoms with E-state index in [2.05, 4.69) is 0 Å². The predicted molar refractivity (Wildman–Crippen MR) is 98.8 cm³/mol. The molecular weight excluding hydrogens is 337 g/mol. The number of ether oxygens (including phenoxy) is 1. The van der Waals surface area contributed by atoms with Crippen LogP contribution in [0.5, 0.6) is 5.75 Å². The summed E-state index contributed by atoms with van der Waals surface area (Å²) in [6.45, 7) is 6.13. The van der Waals surface area contributed by atoms with Crippen molar-refractivity contribution in [3.63, 3.8) is 0 Å². The number of halogens is 3. The normalized spacial score (nSPS) is 12.4. The van der Waals surface area contributed by atoms with E-state index in [1.807, 2.05) is 26.8 Å². The fraction of sp³-hybridized carbons (Fsp3) is 0.273. The second-order valence-electron chi connectivity index (χ2n) is 7.40. The predicted octanol–water partition coefficient (Wildman–Crippen LogP) is 6.78. The maximum atomic E-state index is 13.6. The summed E-state index contributed by atoms with van der Waals surface area (Å²) in [7, 11) is 1.56. The van der Waals surface area contributed by atoms with Gasteiger partial charge >= 0.3 is 6.18 Å². The number of rotatable bonds is 2. The standard InChI is InChI=1S/C22H21F3O/c1-21(2,3)15-7-11-17-18(12-8-15)20(22(23,24)25)13-19(17)14-5-9-16(26-4)10-6-14/h5-13H,1-4H3. The first kappa shape index (κ1) is 18.3. The molecule has 0 amide bonds. The fourth-order valence-electron chi connectivity index (χ4n) is 3.09. The van der Waals surface area contributed by atoms with E-state index >= 15 is 0 Å². The van der Waals surface area contributed by atoms with E-state index in [1.54, 1.807) is 49.6 Å². The molecule has 2 aliphatic rings. The molecule has 1 aromatic carbocycles. The zero-order valence-corrected chi connectivity index (χ0v) is 15.2. The third kappa shape index (κ3) is 3.41. The average Bonchev–Trinajstić information content (AvgIpc) is 2.78. The van der Waals surface area contributed by atoms with Crippen LogP contribution in [0.15, 0.2) is 54.6 Å². The lowest BCUT2D eigenvalue weighted by atomic mass is 9.88. The zero-order valence-electron chi connectivity index (χ0n) is 15.2. The molecule has 0 radical (unpaired) electrons. The molecule has 1 aromatic rings. The Kier molecular flexibility index (Phi) is 4.47. The van der Waals surface area contributed by atoms with Crippen molar-refractivity contribution in [2.75, 3.05) is 7.11 Å². The summed E-state index contributed by atoms with van der Waals surface area (Å²) in [5.41, 5.74) is 2.37. The number of alkyl halides is 3. The summed E-state index contributed by atoms with van der Waals surface area (Å²) in [6.07, 6.45) is -4.40. The Balaban J connectivity index is 2.25. The Bertz CT molecular complexity index is 887. The SMILES string of the molecule is COc1ccc(-c2cc(C(F)(F)F)c3ccc(C(C)(C)C)ccc2-3)cc1. The summed E-state index contributed by atoms with van der Waals surface area (Å²) in [5.74, 6) is 0.668. The largest absolute Gasteiger partial charge is 0.497 e. The van der Waals surface area contributed by atoms with Gasteiger partial charge in [-0.25, -0.2) is 0 Å². The monoisotopic (exact) mass is 358 g/mol. The van der Waals surface area contributed by atoms with Crippen molar-refractivity contribution >= 4 is 0 Å². The summed E-state index contributed by atoms with van der Waals surface area (Å²) >= 11 is 0. The first-order chi connectivity index (χ1) is 12.1. The van der Waals surface area contributed by atoms with Gasteiger partial charge in [-0.2, -0.15) is 13.2 Å². The van der Waals surface area contributed by atoms with E-state index in [1.165, 1.54) is 6.07 Å². The fourth-order valence-corrected chi connectivity index (χ4v) is 3.09. The Morgan fingerprint density at radius 3 is 1.81 bits per heavy atom. The summed E-state index contributed by atoms with van der Waals surface area (Å²) in [4.78, 5) is 0. The van der Waals surface area contributed by atoms with Crippen LogP contribution in [0, 0.1) is 0 Å². The van der Waals surface area contributed by atoms with Gasteiger partial charge in [-0.05, 0) is 51.4 Å². The van der Waals surface area contributed by atoms with Crippen LogP contribution in [-0.2, 0) is 11.6 Å². The molecule has 0 heterocycles. The maximum Gasteiger partial charge on any atom is 0.417 e. The van der Waals surface area contributed by atoms with E-state index in [0.29, 0.717) is 16.9 Å². The van der Waals surface area contributed by atoms with Crippen molar-refractivity contribution in [2.24, 2.45) is 0 Å². The van der Waals surface area contributed by atoms with Crippen LogP contribution in [0.25, 0.3) is 22.3 Å². The van der Waals surface area contributed by atoms with E-state index < -0.39 is 11.7 Å². The van der Waals surface area contributed by atoms with Gasteiger partial charge in [0.15, 0.2) is 0 Å². The number of methoxy groups -OCH3 is 1. The first-order valence-electron chi connectivity index (χ1n) is 8.40. The van der Waals surface area contributed by atoms with E-state index in [9.17, 15) is 13.2 Å². The van der Waals surface area contributed by atoms with Crippen LogP contribution >= 0.6 is 0 Å². The van der Waals surface area contributed by atoms with Crippen LogP contribution in [0.1, 0.15) is 31.9 Å². The quantitative estimate of drug-likeness (QED) is 0.490. The second-order valence-corrected chi connectivity index (χ2v) is 7.40. The van der Waals surface area contributed by atoms with Gasteiger partial charge in [-0.1, -0.05) is 57.2 Å². The van der Waals surface area contributed by atoms with Gasteiger partial charge in [0.05, 0.1) is 12.7 Å². The molecule has 0 unspecified atom stereocenters. The molecule has 0 spiro atoms. The molecule has 0 fully saturated rings. The van der Waals surface area contributed by atoms with Gasteiger partial charge in [-0.15, -0.1) is 0 Å². The summed E-state index contributed by atoms with van der Waals surface area (Å²) in [6, 6.07) is 15.4. The maximum absolute atomic E-state index is 13.6. The zero-order chi connectivity index (χ0) is 19.1. The molecule has 26 heavy (non-hydrogen) atoms. The molecule has 4 heteroatoms. The molecule has 0 saturated carbocycles. The van der Waals surface area contributed by atoms with Gasteiger partial charge in [0, 0.05) is 0 Å². The van der Waals surface area contributed by atoms with Gasteiger partial charge < -0.3 is 4.74 Å². The highest BCUT2D eigenvalue weighted by Crippen LogP contribution is 2.46. The third-order valence-corrected chi connectivity index (χ3v) is 4.59. The van der Waals surface area contributed by atoms with Crippen molar-refractivity contribution in [2.45, 2.75) is 32.4 Å². The topological polar surface area (TPSA) is 9.23 Å². The summed E-state index contributed by atoms with van der Waals surface area (Å²) < 4.78 is 45.9. The van der Waals surface area contributed by atoms with Crippen LogP contribution in [-0.4, -0.2) is 7.11 Å². The van der Waals surface area contributed by atoms with Crippen LogP contribution in [0.4, 0.5) is 13.2 Å². The van der Waals surface area contributed by atoms with Crippen molar-refractivity contribution in [3.8, 4) is 28.0 Å². The van der Waals surface area contributed by atoms with Crippen molar-refractivity contribution in [1.29, 1.82) is 0 Å². The van der Waals surface area contributed by atoms with E-state index in [4.69, 9.17) is 4.74 Å². The molecule has 0 atom stereocenters. The Morgan fingerprint density at radius 1 is 0.731 bits per heavy atom. The van der Waals surface area contributed by atoms with Crippen LogP contribution < -0.4 is 4.74 Å². The third-order valence-electron chi connectivity index (χ3n) is 4.59. The average molecular weight is 358 g/mol. The van der Waals surface area contributed by atoms with Crippen LogP contribution in [0.3, 0.4) is 0 Å². The lowest BCUT2D eigenvalue weighted by Gasteiger charge is -2.17. The molecule has 0 aliphatic heterocycles. The molecule has 2 aliphatic carbocycles. The van der Waals surface area contributed by atoms with Crippen molar-refractivity contribution < 1.29 is 17.9 Å². The number of fused-ring (bicyclic) bond motifs is 1. The van der Waals surface area contributed by atoms with Gasteiger partial charge in [0.2, 0.25) is 0 Å². The van der Waals surface area contributed by atoms with Crippen LogP contribution in [0.2, 0.25) is 0 Å². The molecule has 3 rings (SSSR count). The molecule has 0 N–H and O–H groups in total. The Morgan fingerprint density at radius 2 is 1.31 bits per heavy atom. The Hall–Kier alpha value is -2.49. The van der Waals surface area contributed by atoms with Gasteiger partial charge in [-0.3, -0.25) is 0 Å². The minimum atomic E-state index is -4.40. The van der Waals surface area contributed by atoms with E-state index in [-0.39, 0.29) is 11.0 Å². The second kappa shape index (κ2) is 6.35. The molecule has 136 valence electrons.